The number of aliphatic hydroxyl groups is 1. The molecule has 2 aliphatic rings. The zero-order chi connectivity index (χ0) is 16.4. The van der Waals surface area contributed by atoms with E-state index < -0.39 is 11.8 Å². The first-order valence-corrected chi connectivity index (χ1v) is 8.31. The fraction of sp³-hybridized carbons (Fsp3) is 0.556. The van der Waals surface area contributed by atoms with Crippen LogP contribution in [0.4, 0.5) is 5.69 Å². The quantitative estimate of drug-likeness (QED) is 0.509. The highest BCUT2D eigenvalue weighted by atomic mass is 16.7. The van der Waals surface area contributed by atoms with Gasteiger partial charge in [-0.15, -0.1) is 0 Å². The number of esters is 1. The number of aliphatic hydroxyl groups excluding tert-OH is 1. The van der Waals surface area contributed by atoms with Crippen molar-refractivity contribution >= 4 is 17.6 Å². The molecule has 0 radical (unpaired) electrons. The van der Waals surface area contributed by atoms with Gasteiger partial charge in [0.05, 0.1) is 12.5 Å². The van der Waals surface area contributed by atoms with Gasteiger partial charge in [-0.1, -0.05) is 25.7 Å². The number of carbonyl (C=O) groups excluding carboxylic acids is 1. The van der Waals surface area contributed by atoms with Gasteiger partial charge in [0.15, 0.2) is 0 Å². The maximum Gasteiger partial charge on any atom is 0.345 e. The van der Waals surface area contributed by atoms with Crippen LogP contribution >= 0.6 is 0 Å². The van der Waals surface area contributed by atoms with Gasteiger partial charge in [-0.25, -0.2) is 4.79 Å². The lowest BCUT2D eigenvalue weighted by Gasteiger charge is -2.31. The van der Waals surface area contributed by atoms with Gasteiger partial charge >= 0.3 is 11.9 Å². The molecule has 0 saturated heterocycles. The Morgan fingerprint density at radius 3 is 2.78 bits per heavy atom. The molecular formula is C18H24NO4+. The van der Waals surface area contributed by atoms with Gasteiger partial charge in [0, 0.05) is 19.9 Å². The predicted molar refractivity (Wildman–Crippen MR) is 86.0 cm³/mol. The molecule has 1 aromatic carbocycles. The number of hydrogen-bond donors (Lipinski definition) is 2. The molecule has 0 unspecified atom stereocenters. The van der Waals surface area contributed by atoms with Crippen molar-refractivity contribution < 1.29 is 24.4 Å². The fourth-order valence-electron chi connectivity index (χ4n) is 3.29. The average Bonchev–Trinajstić information content (AvgIpc) is 2.96. The number of carbonyl (C=O) groups is 1. The number of ether oxygens (including phenoxy) is 2. The third-order valence-electron chi connectivity index (χ3n) is 4.45. The maximum atomic E-state index is 11.9. The Bertz CT molecular complexity index is 630. The standard InChI is InChI=1S/C18H23NO4/c1-18(2)22-15-11-13(8-9-14(15)17(21)23-18)19-16(20)10-7-12-5-3-4-6-12/h8-9,11-12H,3-7,10H2,1-2H3,(H,19,20)/p+1. The molecule has 1 aromatic rings. The van der Waals surface area contributed by atoms with E-state index in [2.05, 4.69) is 4.99 Å². The van der Waals surface area contributed by atoms with Crippen LogP contribution in [0.25, 0.3) is 0 Å². The molecule has 5 nitrogen and oxygen atoms in total. The van der Waals surface area contributed by atoms with Crippen LogP contribution in [0.1, 0.15) is 62.7 Å². The third kappa shape index (κ3) is 3.84. The number of nitrogens with one attached hydrogen (secondary N) is 1. The number of hydrogen-bond acceptors (Lipinski definition) is 3. The van der Waals surface area contributed by atoms with E-state index in [1.54, 1.807) is 32.0 Å². The van der Waals surface area contributed by atoms with Crippen molar-refractivity contribution in [3.8, 4) is 5.75 Å². The van der Waals surface area contributed by atoms with Crippen LogP contribution in [0.2, 0.25) is 0 Å². The SMILES string of the molecule is CC1(C)OC(=O)c2ccc([NH+]=C(O)CCC3CCCC3)cc2O1. The van der Waals surface area contributed by atoms with Gasteiger partial charge < -0.3 is 14.6 Å². The smallest absolute Gasteiger partial charge is 0.345 e. The zero-order valence-corrected chi connectivity index (χ0v) is 13.7. The van der Waals surface area contributed by atoms with Crippen LogP contribution in [-0.2, 0) is 4.74 Å². The molecule has 5 heteroatoms. The number of rotatable bonds is 4. The van der Waals surface area contributed by atoms with Crippen LogP contribution in [0.15, 0.2) is 18.2 Å². The van der Waals surface area contributed by atoms with Crippen LogP contribution in [0.3, 0.4) is 0 Å². The Morgan fingerprint density at radius 2 is 2.04 bits per heavy atom. The van der Waals surface area contributed by atoms with Crippen molar-refractivity contribution in [2.75, 3.05) is 0 Å². The first-order valence-electron chi connectivity index (χ1n) is 8.31. The van der Waals surface area contributed by atoms with E-state index >= 15 is 0 Å². The predicted octanol–water partition coefficient (Wildman–Crippen LogP) is 2.61. The Balaban J connectivity index is 1.71. The van der Waals surface area contributed by atoms with E-state index in [-0.39, 0.29) is 5.90 Å². The van der Waals surface area contributed by atoms with E-state index in [0.29, 0.717) is 23.4 Å². The van der Waals surface area contributed by atoms with E-state index in [9.17, 15) is 9.90 Å². The molecule has 1 heterocycles. The highest BCUT2D eigenvalue weighted by molar-refractivity contribution is 5.94. The Labute approximate surface area is 136 Å². The molecule has 124 valence electrons. The van der Waals surface area contributed by atoms with Crippen molar-refractivity contribution in [1.29, 1.82) is 0 Å². The number of cyclic esters (lactones) is 1. The van der Waals surface area contributed by atoms with Gasteiger partial charge in [0.2, 0.25) is 11.5 Å². The lowest BCUT2D eigenvalue weighted by Crippen LogP contribution is -2.66. The molecule has 3 rings (SSSR count). The molecule has 0 spiro atoms. The van der Waals surface area contributed by atoms with Crippen molar-refractivity contribution in [3.63, 3.8) is 0 Å². The summed E-state index contributed by atoms with van der Waals surface area (Å²) in [6.45, 7) is 3.39. The summed E-state index contributed by atoms with van der Waals surface area (Å²) in [5.41, 5.74) is 1.11. The van der Waals surface area contributed by atoms with Crippen molar-refractivity contribution in [3.05, 3.63) is 23.8 Å². The summed E-state index contributed by atoms with van der Waals surface area (Å²) in [5.74, 6) is 0.102. The average molecular weight is 318 g/mol. The summed E-state index contributed by atoms with van der Waals surface area (Å²) >= 11 is 0. The van der Waals surface area contributed by atoms with Crippen LogP contribution in [0.5, 0.6) is 5.75 Å². The second-order valence-corrected chi connectivity index (χ2v) is 6.86. The Morgan fingerprint density at radius 1 is 1.30 bits per heavy atom. The zero-order valence-electron chi connectivity index (χ0n) is 13.7. The molecule has 0 bridgehead atoms. The topological polar surface area (TPSA) is 69.7 Å². The summed E-state index contributed by atoms with van der Waals surface area (Å²) in [6, 6.07) is 5.12. The maximum absolute atomic E-state index is 11.9. The molecule has 23 heavy (non-hydrogen) atoms. The second-order valence-electron chi connectivity index (χ2n) is 6.86. The van der Waals surface area contributed by atoms with Crippen molar-refractivity contribution in [2.45, 2.75) is 58.2 Å². The van der Waals surface area contributed by atoms with Crippen LogP contribution < -0.4 is 9.73 Å². The van der Waals surface area contributed by atoms with Gasteiger partial charge in [0.25, 0.3) is 0 Å². The summed E-state index contributed by atoms with van der Waals surface area (Å²) in [5, 5.41) is 10.1. The first-order chi connectivity index (χ1) is 10.9. The Hall–Kier alpha value is -2.04. The molecular weight excluding hydrogens is 294 g/mol. The van der Waals surface area contributed by atoms with E-state index in [0.717, 1.165) is 12.3 Å². The number of fused-ring (bicyclic) bond motifs is 1. The highest BCUT2D eigenvalue weighted by Crippen LogP contribution is 2.32. The number of benzene rings is 1. The third-order valence-corrected chi connectivity index (χ3v) is 4.45. The second kappa shape index (κ2) is 6.22. The minimum atomic E-state index is -0.975. The molecule has 0 aromatic heterocycles. The lowest BCUT2D eigenvalue weighted by molar-refractivity contribution is -0.367. The largest absolute Gasteiger partial charge is 0.463 e. The fourth-order valence-corrected chi connectivity index (χ4v) is 3.29. The normalized spacial score (nSPS) is 20.8. The Kier molecular flexibility index (Phi) is 4.28. The van der Waals surface area contributed by atoms with Crippen molar-refractivity contribution in [1.82, 2.24) is 0 Å². The molecule has 1 saturated carbocycles. The molecule has 1 aliphatic carbocycles. The van der Waals surface area contributed by atoms with E-state index in [4.69, 9.17) is 9.47 Å². The summed E-state index contributed by atoms with van der Waals surface area (Å²) < 4.78 is 10.9. The first kappa shape index (κ1) is 15.8. The summed E-state index contributed by atoms with van der Waals surface area (Å²) in [6.07, 6.45) is 6.84. The minimum absolute atomic E-state index is 0.259. The van der Waals surface area contributed by atoms with Crippen LogP contribution in [-0.4, -0.2) is 22.8 Å². The molecule has 1 fully saturated rings. The highest BCUT2D eigenvalue weighted by Gasteiger charge is 2.34. The summed E-state index contributed by atoms with van der Waals surface area (Å²) in [4.78, 5) is 14.9. The van der Waals surface area contributed by atoms with Crippen molar-refractivity contribution in [2.24, 2.45) is 5.92 Å². The molecule has 0 amide bonds. The van der Waals surface area contributed by atoms with Gasteiger partial charge in [-0.3, -0.25) is 0 Å². The molecule has 1 aliphatic heterocycles. The minimum Gasteiger partial charge on any atom is -0.463 e. The monoisotopic (exact) mass is 318 g/mol. The summed E-state index contributed by atoms with van der Waals surface area (Å²) in [7, 11) is 0. The van der Waals surface area contributed by atoms with Gasteiger partial charge in [-0.2, -0.15) is 4.99 Å². The van der Waals surface area contributed by atoms with E-state index in [1.165, 1.54) is 25.7 Å². The van der Waals surface area contributed by atoms with Crippen LogP contribution in [0, 0.1) is 5.92 Å². The molecule has 0 atom stereocenters. The van der Waals surface area contributed by atoms with Gasteiger partial charge in [-0.05, 0) is 18.4 Å². The molecule has 2 N–H and O–H groups in total. The van der Waals surface area contributed by atoms with Gasteiger partial charge in [0.1, 0.15) is 11.3 Å². The lowest BCUT2D eigenvalue weighted by atomic mass is 10.0. The van der Waals surface area contributed by atoms with E-state index in [1.807, 2.05) is 0 Å².